The number of likely N-dealkylation sites (tertiary alicyclic amines) is 1. The molecule has 23 heavy (non-hydrogen) atoms. The molecule has 3 rings (SSSR count). The number of piperidine rings is 1. The molecular weight excluding hydrogens is 306 g/mol. The molecule has 0 amide bonds. The summed E-state index contributed by atoms with van der Waals surface area (Å²) in [7, 11) is 0. The van der Waals surface area contributed by atoms with Crippen molar-refractivity contribution in [2.45, 2.75) is 47.1 Å². The molecule has 2 aromatic rings. The minimum Gasteiger partial charge on any atom is -0.300 e. The molecule has 0 bridgehead atoms. The van der Waals surface area contributed by atoms with Crippen LogP contribution < -0.4 is 5.32 Å². The topological polar surface area (TPSA) is 53.9 Å². The van der Waals surface area contributed by atoms with Gasteiger partial charge in [0.15, 0.2) is 5.13 Å². The van der Waals surface area contributed by atoms with Crippen LogP contribution in [0.5, 0.6) is 0 Å². The van der Waals surface area contributed by atoms with Crippen LogP contribution in [-0.4, -0.2) is 32.9 Å². The molecule has 0 atom stereocenters. The summed E-state index contributed by atoms with van der Waals surface area (Å²) in [4.78, 5) is 17.4. The third-order valence-electron chi connectivity index (χ3n) is 4.34. The van der Waals surface area contributed by atoms with Crippen LogP contribution in [0.15, 0.2) is 6.07 Å². The molecule has 0 aromatic carbocycles. The molecule has 5 nitrogen and oxygen atoms in total. The molecule has 0 unspecified atom stereocenters. The second kappa shape index (κ2) is 6.93. The lowest BCUT2D eigenvalue weighted by atomic mass is 9.99. The number of rotatable bonds is 4. The van der Waals surface area contributed by atoms with Crippen molar-refractivity contribution >= 4 is 22.4 Å². The molecule has 1 saturated heterocycles. The van der Waals surface area contributed by atoms with Crippen LogP contribution in [-0.2, 0) is 6.54 Å². The Labute approximate surface area is 142 Å². The zero-order valence-corrected chi connectivity index (χ0v) is 15.2. The van der Waals surface area contributed by atoms with Crippen LogP contribution in [0.25, 0.3) is 0 Å². The Morgan fingerprint density at radius 1 is 1.13 bits per heavy atom. The van der Waals surface area contributed by atoms with E-state index in [0.717, 1.165) is 34.7 Å². The van der Waals surface area contributed by atoms with Crippen molar-refractivity contribution in [2.24, 2.45) is 5.92 Å². The number of aryl methyl sites for hydroxylation is 3. The molecule has 6 heteroatoms. The average molecular weight is 331 g/mol. The Morgan fingerprint density at radius 3 is 2.43 bits per heavy atom. The highest BCUT2D eigenvalue weighted by Gasteiger charge is 2.18. The van der Waals surface area contributed by atoms with E-state index in [-0.39, 0.29) is 0 Å². The summed E-state index contributed by atoms with van der Waals surface area (Å²) < 4.78 is 0. The molecule has 1 fully saturated rings. The van der Waals surface area contributed by atoms with Gasteiger partial charge in [0.2, 0.25) is 5.95 Å². The maximum absolute atomic E-state index is 4.65. The van der Waals surface area contributed by atoms with E-state index < -0.39 is 0 Å². The fraction of sp³-hybridized carbons (Fsp3) is 0.588. The van der Waals surface area contributed by atoms with Gasteiger partial charge < -0.3 is 5.32 Å². The summed E-state index contributed by atoms with van der Waals surface area (Å²) in [5, 5.41) is 4.14. The summed E-state index contributed by atoms with van der Waals surface area (Å²) in [5.74, 6) is 1.50. The van der Waals surface area contributed by atoms with Gasteiger partial charge in [-0.25, -0.2) is 15.0 Å². The first-order chi connectivity index (χ1) is 11.0. The summed E-state index contributed by atoms with van der Waals surface area (Å²) in [6.45, 7) is 11.8. The zero-order chi connectivity index (χ0) is 16.4. The van der Waals surface area contributed by atoms with E-state index in [1.807, 2.05) is 19.9 Å². The number of hydrogen-bond donors (Lipinski definition) is 1. The van der Waals surface area contributed by atoms with Crippen LogP contribution in [0.4, 0.5) is 11.1 Å². The molecule has 2 aromatic heterocycles. The monoisotopic (exact) mass is 331 g/mol. The molecule has 0 saturated carbocycles. The first-order valence-electron chi connectivity index (χ1n) is 8.27. The fourth-order valence-electron chi connectivity index (χ4n) is 2.93. The van der Waals surface area contributed by atoms with Gasteiger partial charge in [-0.15, -0.1) is 11.3 Å². The minimum atomic E-state index is 0.634. The fourth-order valence-corrected chi connectivity index (χ4v) is 3.93. The van der Waals surface area contributed by atoms with Crippen LogP contribution in [0.3, 0.4) is 0 Å². The molecule has 0 spiro atoms. The van der Waals surface area contributed by atoms with Crippen molar-refractivity contribution in [1.82, 2.24) is 19.9 Å². The summed E-state index contributed by atoms with van der Waals surface area (Å²) in [6, 6.07) is 1.97. The second-order valence-electron chi connectivity index (χ2n) is 6.59. The highest BCUT2D eigenvalue weighted by Crippen LogP contribution is 2.27. The Balaban J connectivity index is 1.68. The van der Waals surface area contributed by atoms with E-state index in [4.69, 9.17) is 0 Å². The lowest BCUT2D eigenvalue weighted by Crippen LogP contribution is -2.32. The van der Waals surface area contributed by atoms with E-state index in [9.17, 15) is 0 Å². The van der Waals surface area contributed by atoms with Crippen molar-refractivity contribution in [1.29, 1.82) is 0 Å². The van der Waals surface area contributed by atoms with Crippen LogP contribution >= 0.6 is 11.3 Å². The van der Waals surface area contributed by atoms with Gasteiger partial charge >= 0.3 is 0 Å². The lowest BCUT2D eigenvalue weighted by molar-refractivity contribution is 0.186. The van der Waals surface area contributed by atoms with Gasteiger partial charge in [0.25, 0.3) is 0 Å². The van der Waals surface area contributed by atoms with E-state index in [1.165, 1.54) is 30.8 Å². The Hall–Kier alpha value is -1.53. The van der Waals surface area contributed by atoms with Gasteiger partial charge in [-0.2, -0.15) is 0 Å². The van der Waals surface area contributed by atoms with Gasteiger partial charge in [-0.05, 0) is 58.7 Å². The molecule has 3 heterocycles. The van der Waals surface area contributed by atoms with Gasteiger partial charge in [-0.3, -0.25) is 4.90 Å². The smallest absolute Gasteiger partial charge is 0.229 e. The maximum atomic E-state index is 4.65. The van der Waals surface area contributed by atoms with Crippen LogP contribution in [0, 0.1) is 26.7 Å². The Kier molecular flexibility index (Phi) is 4.92. The quantitative estimate of drug-likeness (QED) is 0.922. The minimum absolute atomic E-state index is 0.634. The van der Waals surface area contributed by atoms with Crippen LogP contribution in [0.2, 0.25) is 0 Å². The predicted octanol–water partition coefficient (Wildman–Crippen LogP) is 3.83. The third kappa shape index (κ3) is 4.26. The largest absolute Gasteiger partial charge is 0.300 e. The van der Waals surface area contributed by atoms with E-state index in [1.54, 1.807) is 11.3 Å². The van der Waals surface area contributed by atoms with Crippen molar-refractivity contribution in [3.8, 4) is 0 Å². The second-order valence-corrected chi connectivity index (χ2v) is 7.67. The Morgan fingerprint density at radius 2 is 1.78 bits per heavy atom. The van der Waals surface area contributed by atoms with Gasteiger partial charge in [0.05, 0.1) is 5.69 Å². The molecule has 0 aliphatic carbocycles. The summed E-state index contributed by atoms with van der Waals surface area (Å²) in [5.41, 5.74) is 3.05. The highest BCUT2D eigenvalue weighted by atomic mass is 32.1. The third-order valence-corrected chi connectivity index (χ3v) is 5.39. The van der Waals surface area contributed by atoms with Gasteiger partial charge in [-0.1, -0.05) is 6.92 Å². The average Bonchev–Trinajstić information content (AvgIpc) is 2.80. The SMILES string of the molecule is Cc1cc(C)nc(Nc2nc(C)c(CN3CCC(C)CC3)s2)n1. The number of aromatic nitrogens is 3. The normalized spacial score (nSPS) is 16.7. The summed E-state index contributed by atoms with van der Waals surface area (Å²) in [6.07, 6.45) is 2.61. The zero-order valence-electron chi connectivity index (χ0n) is 14.4. The van der Waals surface area contributed by atoms with Gasteiger partial charge in [0.1, 0.15) is 0 Å². The van der Waals surface area contributed by atoms with Crippen molar-refractivity contribution in [2.75, 3.05) is 18.4 Å². The number of nitrogens with zero attached hydrogens (tertiary/aromatic N) is 4. The highest BCUT2D eigenvalue weighted by molar-refractivity contribution is 7.15. The maximum Gasteiger partial charge on any atom is 0.229 e. The van der Waals surface area contributed by atoms with E-state index >= 15 is 0 Å². The number of thiazole rings is 1. The van der Waals surface area contributed by atoms with Crippen molar-refractivity contribution in [3.05, 3.63) is 28.0 Å². The first kappa shape index (κ1) is 16.3. The van der Waals surface area contributed by atoms with E-state index in [2.05, 4.69) is 39.0 Å². The molecular formula is C17H25N5S. The van der Waals surface area contributed by atoms with Crippen molar-refractivity contribution in [3.63, 3.8) is 0 Å². The number of nitrogens with one attached hydrogen (secondary N) is 1. The molecule has 1 aliphatic rings. The summed E-state index contributed by atoms with van der Waals surface area (Å²) >= 11 is 1.72. The van der Waals surface area contributed by atoms with Crippen LogP contribution in [0.1, 0.15) is 41.7 Å². The van der Waals surface area contributed by atoms with Gasteiger partial charge in [0, 0.05) is 22.8 Å². The van der Waals surface area contributed by atoms with E-state index in [0.29, 0.717) is 5.95 Å². The van der Waals surface area contributed by atoms with Crippen molar-refractivity contribution < 1.29 is 0 Å². The number of hydrogen-bond acceptors (Lipinski definition) is 6. The molecule has 1 aliphatic heterocycles. The number of anilines is 2. The molecule has 1 N–H and O–H groups in total. The standard InChI is InChI=1S/C17H25N5S/c1-11-5-7-22(8-6-11)10-15-14(4)20-17(23-15)21-16-18-12(2)9-13(3)19-16/h9,11H,5-8,10H2,1-4H3,(H,18,19,20,21). The molecule has 124 valence electrons. The lowest BCUT2D eigenvalue weighted by Gasteiger charge is -2.29. The molecule has 0 radical (unpaired) electrons. The predicted molar refractivity (Wildman–Crippen MR) is 95.3 cm³/mol. The Bertz CT molecular complexity index is 653. The first-order valence-corrected chi connectivity index (χ1v) is 9.09.